The lowest BCUT2D eigenvalue weighted by Crippen LogP contribution is -2.40. The second-order valence-electron chi connectivity index (χ2n) is 3.38. The Balaban J connectivity index is 3.17. The molecule has 0 N–H and O–H groups in total. The Morgan fingerprint density at radius 2 is 1.87 bits per heavy atom. The number of ether oxygens (including phenoxy) is 2. The fourth-order valence-electron chi connectivity index (χ4n) is 1.96. The van der Waals surface area contributed by atoms with E-state index in [0.717, 1.165) is 18.4 Å². The average molecular weight is 324 g/mol. The summed E-state index contributed by atoms with van der Waals surface area (Å²) in [5.41, 5.74) is -0.396. The van der Waals surface area contributed by atoms with Crippen molar-refractivity contribution < 1.29 is 19.1 Å². The van der Waals surface area contributed by atoms with Crippen LogP contribution in [-0.4, -0.2) is 26.2 Å². The Bertz CT molecular complexity index is 293. The molecule has 1 saturated carbocycles. The van der Waals surface area contributed by atoms with Gasteiger partial charge in [-0.1, -0.05) is 22.6 Å². The van der Waals surface area contributed by atoms with Crippen molar-refractivity contribution in [1.29, 1.82) is 0 Å². The molecule has 0 aliphatic heterocycles. The number of esters is 2. The Hall–Kier alpha value is -0.590. The fourth-order valence-corrected chi connectivity index (χ4v) is 2.81. The monoisotopic (exact) mass is 324 g/mol. The van der Waals surface area contributed by atoms with Crippen molar-refractivity contribution >= 4 is 34.5 Å². The minimum Gasteiger partial charge on any atom is -0.468 e. The van der Waals surface area contributed by atoms with E-state index in [4.69, 9.17) is 9.47 Å². The van der Waals surface area contributed by atoms with Gasteiger partial charge in [0.15, 0.2) is 5.41 Å². The number of hydrogen-bond acceptors (Lipinski definition) is 4. The van der Waals surface area contributed by atoms with Crippen LogP contribution in [0.4, 0.5) is 0 Å². The third-order valence-electron chi connectivity index (χ3n) is 2.75. The highest BCUT2D eigenvalue weighted by atomic mass is 127. The lowest BCUT2D eigenvalue weighted by atomic mass is 9.83. The van der Waals surface area contributed by atoms with Gasteiger partial charge in [0.2, 0.25) is 0 Å². The molecule has 4 nitrogen and oxygen atoms in total. The van der Waals surface area contributed by atoms with Crippen LogP contribution in [0.3, 0.4) is 0 Å². The molecule has 0 heterocycles. The highest BCUT2D eigenvalue weighted by Gasteiger charge is 2.53. The van der Waals surface area contributed by atoms with E-state index in [9.17, 15) is 9.59 Å². The molecule has 0 aromatic carbocycles. The van der Waals surface area contributed by atoms with Gasteiger partial charge in [-0.25, -0.2) is 0 Å². The summed E-state index contributed by atoms with van der Waals surface area (Å²) >= 11 is 2.04. The fraction of sp³-hybridized carbons (Fsp3) is 0.600. The van der Waals surface area contributed by atoms with Crippen molar-refractivity contribution in [2.45, 2.75) is 19.3 Å². The van der Waals surface area contributed by atoms with Gasteiger partial charge in [-0.15, -0.1) is 0 Å². The van der Waals surface area contributed by atoms with Crippen LogP contribution in [0.1, 0.15) is 19.3 Å². The van der Waals surface area contributed by atoms with Crippen molar-refractivity contribution in [3.8, 4) is 0 Å². The molecule has 0 saturated heterocycles. The smallest absolute Gasteiger partial charge is 0.327 e. The Kier molecular flexibility index (Phi) is 4.12. The lowest BCUT2D eigenvalue weighted by molar-refractivity contribution is -0.165. The number of carbonyl (C=O) groups is 2. The predicted octanol–water partition coefficient (Wildman–Crippen LogP) is 1.82. The topological polar surface area (TPSA) is 52.6 Å². The molecule has 1 aliphatic rings. The third kappa shape index (κ3) is 1.89. The van der Waals surface area contributed by atoms with E-state index in [1.165, 1.54) is 14.2 Å². The van der Waals surface area contributed by atoms with Gasteiger partial charge in [0, 0.05) is 0 Å². The van der Waals surface area contributed by atoms with E-state index in [1.54, 1.807) is 4.08 Å². The van der Waals surface area contributed by atoms with Crippen molar-refractivity contribution in [3.63, 3.8) is 0 Å². The number of rotatable bonds is 2. The van der Waals surface area contributed by atoms with E-state index in [2.05, 4.69) is 0 Å². The number of methoxy groups -OCH3 is 2. The van der Waals surface area contributed by atoms with Crippen LogP contribution in [0, 0.1) is 5.41 Å². The molecular weight excluding hydrogens is 311 g/mol. The molecule has 1 rings (SSSR count). The molecule has 1 fully saturated rings. The van der Waals surface area contributed by atoms with Crippen molar-refractivity contribution in [1.82, 2.24) is 0 Å². The molecule has 0 aromatic heterocycles. The van der Waals surface area contributed by atoms with Crippen LogP contribution < -0.4 is 0 Å². The molecule has 0 aromatic rings. The summed E-state index contributed by atoms with van der Waals surface area (Å²) in [6.45, 7) is 0. The van der Waals surface area contributed by atoms with Gasteiger partial charge in [-0.2, -0.15) is 0 Å². The summed E-state index contributed by atoms with van der Waals surface area (Å²) < 4.78 is 11.2. The molecular formula is C10H13IO4. The van der Waals surface area contributed by atoms with Gasteiger partial charge < -0.3 is 9.47 Å². The van der Waals surface area contributed by atoms with E-state index >= 15 is 0 Å². The summed E-state index contributed by atoms with van der Waals surface area (Å²) in [7, 11) is 2.58. The average Bonchev–Trinajstić information content (AvgIpc) is 2.71. The molecule has 15 heavy (non-hydrogen) atoms. The zero-order valence-electron chi connectivity index (χ0n) is 8.71. The standard InChI is InChI=1S/C10H13IO4/c1-14-8(12)10(9(13)15-2)5-3-4-7(10)6-11/h6H,3-5H2,1-2H3/b7-6-. The van der Waals surface area contributed by atoms with Crippen molar-refractivity contribution in [3.05, 3.63) is 9.66 Å². The van der Waals surface area contributed by atoms with E-state index in [-0.39, 0.29) is 0 Å². The van der Waals surface area contributed by atoms with E-state index in [1.807, 2.05) is 22.6 Å². The molecule has 0 atom stereocenters. The summed E-state index contributed by atoms with van der Waals surface area (Å²) in [6.07, 6.45) is 2.02. The molecule has 0 spiro atoms. The number of halogens is 1. The first kappa shape index (κ1) is 12.5. The highest BCUT2D eigenvalue weighted by molar-refractivity contribution is 14.1. The van der Waals surface area contributed by atoms with Crippen LogP contribution in [0.15, 0.2) is 9.66 Å². The maximum atomic E-state index is 11.7. The van der Waals surface area contributed by atoms with Crippen LogP contribution in [-0.2, 0) is 19.1 Å². The zero-order valence-corrected chi connectivity index (χ0v) is 10.9. The van der Waals surface area contributed by atoms with Gasteiger partial charge in [0.05, 0.1) is 14.2 Å². The minimum atomic E-state index is -1.19. The van der Waals surface area contributed by atoms with Gasteiger partial charge in [-0.05, 0) is 28.9 Å². The van der Waals surface area contributed by atoms with Crippen LogP contribution in [0.5, 0.6) is 0 Å². The highest BCUT2D eigenvalue weighted by Crippen LogP contribution is 2.45. The number of carbonyl (C=O) groups excluding carboxylic acids is 2. The Morgan fingerprint density at radius 3 is 2.27 bits per heavy atom. The lowest BCUT2D eigenvalue weighted by Gasteiger charge is -2.24. The first-order chi connectivity index (χ1) is 7.13. The largest absolute Gasteiger partial charge is 0.468 e. The van der Waals surface area contributed by atoms with Crippen molar-refractivity contribution in [2.24, 2.45) is 5.41 Å². The molecule has 0 radical (unpaired) electrons. The molecule has 1 aliphatic carbocycles. The first-order valence-corrected chi connectivity index (χ1v) is 5.84. The summed E-state index contributed by atoms with van der Waals surface area (Å²) in [6, 6.07) is 0. The van der Waals surface area contributed by atoms with Crippen LogP contribution >= 0.6 is 22.6 Å². The van der Waals surface area contributed by atoms with E-state index < -0.39 is 17.4 Å². The van der Waals surface area contributed by atoms with Crippen molar-refractivity contribution in [2.75, 3.05) is 14.2 Å². The van der Waals surface area contributed by atoms with E-state index in [0.29, 0.717) is 6.42 Å². The minimum absolute atomic E-state index is 0.473. The molecule has 0 bridgehead atoms. The first-order valence-electron chi connectivity index (χ1n) is 4.60. The normalized spacial score (nSPS) is 21.4. The van der Waals surface area contributed by atoms with Gasteiger partial charge in [0.1, 0.15) is 0 Å². The molecule has 84 valence electrons. The predicted molar refractivity (Wildman–Crippen MR) is 62.4 cm³/mol. The second kappa shape index (κ2) is 4.96. The zero-order chi connectivity index (χ0) is 11.5. The maximum absolute atomic E-state index is 11.7. The molecule has 5 heteroatoms. The SMILES string of the molecule is COC(=O)C1(C(=O)OC)CCC/C1=C/I. The Labute approximate surface area is 102 Å². The van der Waals surface area contributed by atoms with Crippen LogP contribution in [0.25, 0.3) is 0 Å². The summed E-state index contributed by atoms with van der Waals surface area (Å²) in [5, 5.41) is 0. The maximum Gasteiger partial charge on any atom is 0.327 e. The molecule has 0 amide bonds. The van der Waals surface area contributed by atoms with Gasteiger partial charge >= 0.3 is 11.9 Å². The third-order valence-corrected chi connectivity index (χ3v) is 3.50. The van der Waals surface area contributed by atoms with Gasteiger partial charge in [0.25, 0.3) is 0 Å². The van der Waals surface area contributed by atoms with Crippen LogP contribution in [0.2, 0.25) is 0 Å². The summed E-state index contributed by atoms with van der Waals surface area (Å²) in [4.78, 5) is 23.5. The second-order valence-corrected chi connectivity index (χ2v) is 4.00. The Morgan fingerprint density at radius 1 is 1.33 bits per heavy atom. The number of hydrogen-bond donors (Lipinski definition) is 0. The summed E-state index contributed by atoms with van der Waals surface area (Å²) in [5.74, 6) is -1.04. The molecule has 0 unspecified atom stereocenters. The van der Waals surface area contributed by atoms with Gasteiger partial charge in [-0.3, -0.25) is 9.59 Å². The quantitative estimate of drug-likeness (QED) is 0.442.